The van der Waals surface area contributed by atoms with Gasteiger partial charge in [-0.3, -0.25) is 0 Å². The fourth-order valence-electron chi connectivity index (χ4n) is 2.42. The Morgan fingerprint density at radius 1 is 1.43 bits per heavy atom. The quantitative estimate of drug-likeness (QED) is 0.839. The zero-order valence-electron chi connectivity index (χ0n) is 11.9. The van der Waals surface area contributed by atoms with E-state index in [2.05, 4.69) is 22.5 Å². The van der Waals surface area contributed by atoms with Gasteiger partial charge in [0.1, 0.15) is 6.54 Å². The van der Waals surface area contributed by atoms with E-state index in [1.54, 1.807) is 22.5 Å². The van der Waals surface area contributed by atoms with Gasteiger partial charge in [0.15, 0.2) is 0 Å². The van der Waals surface area contributed by atoms with Gasteiger partial charge >= 0.3 is 0 Å². The Hall–Kier alpha value is -0.400. The van der Waals surface area contributed by atoms with Crippen LogP contribution in [0.1, 0.15) is 5.56 Å². The van der Waals surface area contributed by atoms with Crippen LogP contribution in [0.15, 0.2) is 39.2 Å². The third kappa shape index (κ3) is 4.07. The Bertz CT molecular complexity index is 640. The molecule has 2 rings (SSSR count). The summed E-state index contributed by atoms with van der Waals surface area (Å²) in [6.07, 6.45) is 0. The van der Waals surface area contributed by atoms with Crippen LogP contribution in [0.25, 0.3) is 0 Å². The lowest BCUT2D eigenvalue weighted by Gasteiger charge is -2.31. The molecule has 1 heterocycles. The van der Waals surface area contributed by atoms with E-state index in [9.17, 15) is 8.42 Å². The Labute approximate surface area is 139 Å². The molecule has 1 aliphatic rings. The average molecular weight is 395 g/mol. The fraction of sp³-hybridized carbons (Fsp3) is 0.429. The number of aryl methyl sites for hydroxylation is 1. The van der Waals surface area contributed by atoms with E-state index in [0.29, 0.717) is 29.6 Å². The minimum atomic E-state index is -3.41. The third-order valence-corrected chi connectivity index (χ3v) is 6.56. The predicted molar refractivity (Wildman–Crippen MR) is 88.2 cm³/mol. The first-order valence-corrected chi connectivity index (χ1v) is 9.35. The molecule has 0 unspecified atom stereocenters. The van der Waals surface area contributed by atoms with Crippen molar-refractivity contribution in [1.29, 1.82) is 0 Å². The number of nitrogens with zero attached hydrogens (tertiary/aromatic N) is 1. The van der Waals surface area contributed by atoms with Gasteiger partial charge < -0.3 is 4.90 Å². The van der Waals surface area contributed by atoms with Gasteiger partial charge in [0.25, 0.3) is 0 Å². The second-order valence-electron chi connectivity index (χ2n) is 5.26. The largest absolute Gasteiger partial charge is 0.328 e. The first-order valence-electron chi connectivity index (χ1n) is 6.74. The van der Waals surface area contributed by atoms with Crippen molar-refractivity contribution >= 4 is 37.6 Å². The number of halogens is 2. The predicted octanol–water partition coefficient (Wildman–Crippen LogP) is 1.40. The van der Waals surface area contributed by atoms with Crippen molar-refractivity contribution in [3.63, 3.8) is 0 Å². The summed E-state index contributed by atoms with van der Waals surface area (Å²) in [5.41, 5.74) is 0.916. The van der Waals surface area contributed by atoms with Crippen molar-refractivity contribution < 1.29 is 13.3 Å². The van der Waals surface area contributed by atoms with E-state index >= 15 is 0 Å². The zero-order valence-corrected chi connectivity index (χ0v) is 15.1. The van der Waals surface area contributed by atoms with Crippen LogP contribution in [-0.2, 0) is 10.0 Å². The maximum Gasteiger partial charge on any atom is 0.243 e. The number of quaternary nitrogens is 1. The summed E-state index contributed by atoms with van der Waals surface area (Å²) < 4.78 is 27.7. The molecule has 0 saturated carbocycles. The molecular formula is C14H19BrClN2O2S+. The van der Waals surface area contributed by atoms with E-state index in [-0.39, 0.29) is 0 Å². The van der Waals surface area contributed by atoms with Crippen LogP contribution in [0.3, 0.4) is 0 Å². The molecule has 0 amide bonds. The molecule has 0 bridgehead atoms. The maximum atomic E-state index is 12.6. The zero-order chi connectivity index (χ0) is 15.6. The Balaban J connectivity index is 2.11. The van der Waals surface area contributed by atoms with Gasteiger partial charge in [0, 0.05) is 4.47 Å². The van der Waals surface area contributed by atoms with Gasteiger partial charge in [0.05, 0.1) is 36.1 Å². The summed E-state index contributed by atoms with van der Waals surface area (Å²) in [7, 11) is -3.41. The fourth-order valence-corrected chi connectivity index (χ4v) is 4.38. The van der Waals surface area contributed by atoms with Crippen LogP contribution in [0.4, 0.5) is 0 Å². The molecule has 21 heavy (non-hydrogen) atoms. The van der Waals surface area contributed by atoms with Gasteiger partial charge in [-0.05, 0) is 30.7 Å². The molecule has 0 spiro atoms. The van der Waals surface area contributed by atoms with Crippen LogP contribution in [0.5, 0.6) is 0 Å². The van der Waals surface area contributed by atoms with Gasteiger partial charge in [-0.1, -0.05) is 34.1 Å². The number of hydrogen-bond donors (Lipinski definition) is 1. The second-order valence-corrected chi connectivity index (χ2v) is 8.59. The minimum absolute atomic E-state index is 0.355. The molecule has 7 heteroatoms. The van der Waals surface area contributed by atoms with E-state index in [1.165, 1.54) is 4.90 Å². The maximum absolute atomic E-state index is 12.6. The van der Waals surface area contributed by atoms with Crippen LogP contribution in [-0.4, -0.2) is 45.4 Å². The van der Waals surface area contributed by atoms with Gasteiger partial charge in [-0.15, -0.1) is 0 Å². The second kappa shape index (κ2) is 6.79. The Morgan fingerprint density at radius 3 is 2.57 bits per heavy atom. The number of sulfonamides is 1. The number of piperazine rings is 1. The van der Waals surface area contributed by atoms with Crippen molar-refractivity contribution in [2.75, 3.05) is 32.7 Å². The summed E-state index contributed by atoms with van der Waals surface area (Å²) in [6, 6.07) is 5.13. The lowest BCUT2D eigenvalue weighted by atomic mass is 10.2. The molecule has 4 nitrogen and oxygen atoms in total. The highest BCUT2D eigenvalue weighted by molar-refractivity contribution is 9.10. The number of rotatable bonds is 4. The summed E-state index contributed by atoms with van der Waals surface area (Å²) in [5.74, 6) is 0. The highest BCUT2D eigenvalue weighted by Crippen LogP contribution is 2.22. The van der Waals surface area contributed by atoms with Crippen molar-refractivity contribution in [2.45, 2.75) is 11.8 Å². The SMILES string of the molecule is C=C(Cl)C[NH+]1CCN(S(=O)(=O)c2ccc(Br)c(C)c2)CC1. The van der Waals surface area contributed by atoms with E-state index in [0.717, 1.165) is 23.1 Å². The third-order valence-electron chi connectivity index (χ3n) is 3.64. The molecule has 0 aliphatic carbocycles. The van der Waals surface area contributed by atoms with Crippen molar-refractivity contribution in [2.24, 2.45) is 0 Å². The lowest BCUT2D eigenvalue weighted by molar-refractivity contribution is -0.898. The van der Waals surface area contributed by atoms with Crippen LogP contribution < -0.4 is 4.90 Å². The molecule has 0 radical (unpaired) electrons. The Morgan fingerprint density at radius 2 is 2.05 bits per heavy atom. The van der Waals surface area contributed by atoms with Crippen molar-refractivity contribution in [1.82, 2.24) is 4.31 Å². The summed E-state index contributed by atoms with van der Waals surface area (Å²) >= 11 is 9.20. The first-order chi connectivity index (χ1) is 9.80. The lowest BCUT2D eigenvalue weighted by Crippen LogP contribution is -3.14. The van der Waals surface area contributed by atoms with E-state index in [4.69, 9.17) is 11.6 Å². The Kier molecular flexibility index (Phi) is 5.48. The monoisotopic (exact) mass is 393 g/mol. The van der Waals surface area contributed by atoms with Crippen molar-refractivity contribution in [3.8, 4) is 0 Å². The highest BCUT2D eigenvalue weighted by Gasteiger charge is 2.30. The number of benzene rings is 1. The average Bonchev–Trinajstić information content (AvgIpc) is 2.41. The van der Waals surface area contributed by atoms with Gasteiger partial charge in [-0.25, -0.2) is 8.42 Å². The standard InChI is InChI=1S/C14H18BrClN2O2S/c1-11-9-13(3-4-14(11)15)21(19,20)18-7-5-17(6-8-18)10-12(2)16/h3-4,9H,2,5-8,10H2,1H3/p+1. The molecule has 1 aromatic rings. The molecular weight excluding hydrogens is 376 g/mol. The first kappa shape index (κ1) is 17.0. The van der Waals surface area contributed by atoms with Gasteiger partial charge in [0.2, 0.25) is 10.0 Å². The van der Waals surface area contributed by atoms with Crippen LogP contribution >= 0.6 is 27.5 Å². The normalized spacial score (nSPS) is 17.9. The summed E-state index contributed by atoms with van der Waals surface area (Å²) in [5, 5.41) is 0.616. The van der Waals surface area contributed by atoms with Crippen LogP contribution in [0, 0.1) is 6.92 Å². The van der Waals surface area contributed by atoms with Crippen molar-refractivity contribution in [3.05, 3.63) is 39.8 Å². The summed E-state index contributed by atoms with van der Waals surface area (Å²) in [6.45, 7) is 8.79. The number of nitrogens with one attached hydrogen (secondary N) is 1. The molecule has 0 atom stereocenters. The molecule has 0 aromatic heterocycles. The van der Waals surface area contributed by atoms with Crippen LogP contribution in [0.2, 0.25) is 0 Å². The molecule has 1 N–H and O–H groups in total. The topological polar surface area (TPSA) is 41.8 Å². The highest BCUT2D eigenvalue weighted by atomic mass is 79.9. The number of hydrogen-bond acceptors (Lipinski definition) is 2. The van der Waals surface area contributed by atoms with E-state index < -0.39 is 10.0 Å². The minimum Gasteiger partial charge on any atom is -0.328 e. The van der Waals surface area contributed by atoms with E-state index in [1.807, 2.05) is 6.92 Å². The van der Waals surface area contributed by atoms with Gasteiger partial charge in [-0.2, -0.15) is 4.31 Å². The molecule has 116 valence electrons. The molecule has 1 fully saturated rings. The molecule has 1 aromatic carbocycles. The summed E-state index contributed by atoms with van der Waals surface area (Å²) in [4.78, 5) is 1.63. The molecule has 1 aliphatic heterocycles. The molecule has 1 saturated heterocycles. The smallest absolute Gasteiger partial charge is 0.243 e.